The van der Waals surface area contributed by atoms with Gasteiger partial charge in [-0.05, 0) is 23.6 Å². The van der Waals surface area contributed by atoms with Gasteiger partial charge in [-0.15, -0.1) is 0 Å². The molecule has 4 heterocycles. The van der Waals surface area contributed by atoms with Gasteiger partial charge in [0.15, 0.2) is 0 Å². The zero-order chi connectivity index (χ0) is 22.1. The topological polar surface area (TPSA) is 120 Å². The first kappa shape index (κ1) is 20.4. The van der Waals surface area contributed by atoms with Crippen LogP contribution in [0.4, 0.5) is 11.6 Å². The second-order valence-corrected chi connectivity index (χ2v) is 8.25. The number of rotatable bonds is 5. The molecule has 1 atom stereocenters. The van der Waals surface area contributed by atoms with Crippen molar-refractivity contribution in [2.24, 2.45) is 0 Å². The highest BCUT2D eigenvalue weighted by atomic mass is 16.2. The molecule has 166 valence electrons. The van der Waals surface area contributed by atoms with E-state index in [2.05, 4.69) is 30.8 Å². The number of nitrogens with zero attached hydrogens (tertiary/aromatic N) is 4. The molecule has 0 aliphatic carbocycles. The molecule has 10 nitrogen and oxygen atoms in total. The fourth-order valence-electron chi connectivity index (χ4n) is 4.36. The van der Waals surface area contributed by atoms with Crippen LogP contribution in [0.3, 0.4) is 0 Å². The van der Waals surface area contributed by atoms with Crippen LogP contribution in [0.1, 0.15) is 34.3 Å². The molecule has 0 radical (unpaired) electrons. The number of piperazine rings is 1. The molecule has 3 aliphatic heterocycles. The van der Waals surface area contributed by atoms with Crippen LogP contribution < -0.4 is 20.9 Å². The van der Waals surface area contributed by atoms with Gasteiger partial charge in [0.2, 0.25) is 17.8 Å². The normalized spacial score (nSPS) is 20.9. The number of hydrogen-bond donors (Lipinski definition) is 3. The molecule has 3 amide bonds. The molecule has 10 heteroatoms. The lowest BCUT2D eigenvalue weighted by molar-refractivity contribution is -0.136. The van der Waals surface area contributed by atoms with Crippen LogP contribution in [-0.2, 0) is 22.7 Å². The summed E-state index contributed by atoms with van der Waals surface area (Å²) in [5.41, 5.74) is 3.26. The Hall–Kier alpha value is -3.53. The van der Waals surface area contributed by atoms with E-state index in [4.69, 9.17) is 0 Å². The molecule has 2 saturated heterocycles. The molecule has 2 aromatic rings. The second-order valence-electron chi connectivity index (χ2n) is 8.25. The molecule has 3 N–H and O–H groups in total. The maximum absolute atomic E-state index is 12.9. The average Bonchev–Trinajstić information content (AvgIpc) is 3.14. The van der Waals surface area contributed by atoms with Crippen LogP contribution in [0.2, 0.25) is 0 Å². The van der Waals surface area contributed by atoms with Gasteiger partial charge >= 0.3 is 0 Å². The molecule has 1 aromatic carbocycles. The first-order valence-electron chi connectivity index (χ1n) is 10.9. The van der Waals surface area contributed by atoms with Crippen molar-refractivity contribution >= 4 is 29.4 Å². The van der Waals surface area contributed by atoms with Gasteiger partial charge in [-0.3, -0.25) is 19.7 Å². The maximum Gasteiger partial charge on any atom is 0.255 e. The number of carbonyl (C=O) groups excluding carboxylic acids is 3. The van der Waals surface area contributed by atoms with Gasteiger partial charge < -0.3 is 20.4 Å². The number of piperidine rings is 1. The van der Waals surface area contributed by atoms with E-state index in [-0.39, 0.29) is 18.2 Å². The Balaban J connectivity index is 1.22. The molecule has 2 fully saturated rings. The fraction of sp³-hybridized carbons (Fsp3) is 0.409. The highest BCUT2D eigenvalue weighted by Crippen LogP contribution is 2.28. The van der Waals surface area contributed by atoms with Crippen molar-refractivity contribution in [1.29, 1.82) is 0 Å². The van der Waals surface area contributed by atoms with Crippen molar-refractivity contribution in [1.82, 2.24) is 25.5 Å². The molecule has 3 aliphatic rings. The Morgan fingerprint density at radius 2 is 1.88 bits per heavy atom. The standard InChI is InChI=1S/C22H25N7O3/c30-19-4-3-18(20(31)27-19)29-13-15-2-1-14(9-17(15)21(29)32)10-24-16-11-25-22(26-12-16)28-7-5-23-6-8-28/h1-2,9,11-12,18,23-24H,3-8,10,13H2,(H,27,30,31). The lowest BCUT2D eigenvalue weighted by Gasteiger charge is -2.29. The van der Waals surface area contributed by atoms with E-state index in [1.54, 1.807) is 17.3 Å². The summed E-state index contributed by atoms with van der Waals surface area (Å²) in [6, 6.07) is 5.18. The van der Waals surface area contributed by atoms with Gasteiger partial charge in [0.05, 0.1) is 18.1 Å². The Morgan fingerprint density at radius 1 is 1.09 bits per heavy atom. The minimum atomic E-state index is -0.597. The van der Waals surface area contributed by atoms with Crippen molar-refractivity contribution in [2.75, 3.05) is 36.4 Å². The van der Waals surface area contributed by atoms with E-state index in [0.717, 1.165) is 48.9 Å². The molecule has 0 bridgehead atoms. The summed E-state index contributed by atoms with van der Waals surface area (Å²) in [6.07, 6.45) is 4.16. The summed E-state index contributed by atoms with van der Waals surface area (Å²) in [5, 5.41) is 8.94. The lowest BCUT2D eigenvalue weighted by Crippen LogP contribution is -2.52. The average molecular weight is 435 g/mol. The Kier molecular flexibility index (Phi) is 5.44. The monoisotopic (exact) mass is 435 g/mol. The number of anilines is 2. The highest BCUT2D eigenvalue weighted by molar-refractivity contribution is 6.05. The fourth-order valence-corrected chi connectivity index (χ4v) is 4.36. The van der Waals surface area contributed by atoms with Crippen LogP contribution in [-0.4, -0.2) is 64.8 Å². The number of nitrogens with one attached hydrogen (secondary N) is 3. The number of aromatic nitrogens is 2. The Labute approximate surface area is 185 Å². The van der Waals surface area contributed by atoms with Crippen molar-refractivity contribution < 1.29 is 14.4 Å². The van der Waals surface area contributed by atoms with E-state index in [0.29, 0.717) is 25.1 Å². The van der Waals surface area contributed by atoms with Gasteiger partial charge in [0.1, 0.15) is 6.04 Å². The number of imide groups is 1. The largest absolute Gasteiger partial charge is 0.378 e. The van der Waals surface area contributed by atoms with Crippen molar-refractivity contribution in [3.63, 3.8) is 0 Å². The highest BCUT2D eigenvalue weighted by Gasteiger charge is 2.39. The van der Waals surface area contributed by atoms with Crippen LogP contribution >= 0.6 is 0 Å². The third-order valence-corrected chi connectivity index (χ3v) is 6.13. The minimum absolute atomic E-state index is 0.167. The summed E-state index contributed by atoms with van der Waals surface area (Å²) in [6.45, 7) is 4.56. The van der Waals surface area contributed by atoms with Crippen LogP contribution in [0.25, 0.3) is 0 Å². The second kappa shape index (κ2) is 8.54. The predicted octanol–water partition coefficient (Wildman–Crippen LogP) is 0.259. The van der Waals surface area contributed by atoms with Crippen LogP contribution in [0.5, 0.6) is 0 Å². The third-order valence-electron chi connectivity index (χ3n) is 6.13. The van der Waals surface area contributed by atoms with E-state index in [1.807, 2.05) is 18.2 Å². The summed E-state index contributed by atoms with van der Waals surface area (Å²) >= 11 is 0. The van der Waals surface area contributed by atoms with E-state index < -0.39 is 11.9 Å². The van der Waals surface area contributed by atoms with Crippen molar-refractivity contribution in [3.8, 4) is 0 Å². The number of carbonyl (C=O) groups is 3. The summed E-state index contributed by atoms with van der Waals surface area (Å²) in [4.78, 5) is 49.2. The first-order valence-corrected chi connectivity index (χ1v) is 10.9. The molecular formula is C22H25N7O3. The molecule has 1 unspecified atom stereocenters. The van der Waals surface area contributed by atoms with E-state index in [9.17, 15) is 14.4 Å². The number of fused-ring (bicyclic) bond motifs is 1. The third kappa shape index (κ3) is 4.01. The SMILES string of the molecule is O=C1CCC(N2Cc3ccc(CNc4cnc(N5CCNCC5)nc4)cc3C2=O)C(=O)N1. The molecule has 5 rings (SSSR count). The van der Waals surface area contributed by atoms with E-state index >= 15 is 0 Å². The Bertz CT molecular complexity index is 1050. The molecule has 1 aromatic heterocycles. The number of amides is 3. The Morgan fingerprint density at radius 3 is 2.62 bits per heavy atom. The summed E-state index contributed by atoms with van der Waals surface area (Å²) in [7, 11) is 0. The zero-order valence-corrected chi connectivity index (χ0v) is 17.6. The predicted molar refractivity (Wildman–Crippen MR) is 117 cm³/mol. The quantitative estimate of drug-likeness (QED) is 0.572. The van der Waals surface area contributed by atoms with Gasteiger partial charge in [-0.25, -0.2) is 9.97 Å². The molecule has 0 spiro atoms. The van der Waals surface area contributed by atoms with Crippen molar-refractivity contribution in [3.05, 3.63) is 47.3 Å². The van der Waals surface area contributed by atoms with Gasteiger partial charge in [-0.2, -0.15) is 0 Å². The lowest BCUT2D eigenvalue weighted by atomic mass is 10.0. The number of benzene rings is 1. The summed E-state index contributed by atoms with van der Waals surface area (Å²) in [5.74, 6) is -0.115. The number of hydrogen-bond acceptors (Lipinski definition) is 8. The van der Waals surface area contributed by atoms with Gasteiger partial charge in [0.25, 0.3) is 5.91 Å². The van der Waals surface area contributed by atoms with Gasteiger partial charge in [0, 0.05) is 51.3 Å². The molecular weight excluding hydrogens is 410 g/mol. The smallest absolute Gasteiger partial charge is 0.255 e. The first-order chi connectivity index (χ1) is 15.6. The van der Waals surface area contributed by atoms with Gasteiger partial charge in [-0.1, -0.05) is 12.1 Å². The summed E-state index contributed by atoms with van der Waals surface area (Å²) < 4.78 is 0. The molecule has 32 heavy (non-hydrogen) atoms. The van der Waals surface area contributed by atoms with Crippen molar-refractivity contribution in [2.45, 2.75) is 32.0 Å². The maximum atomic E-state index is 12.9. The zero-order valence-electron chi connectivity index (χ0n) is 17.6. The van der Waals surface area contributed by atoms with Crippen LogP contribution in [0, 0.1) is 0 Å². The van der Waals surface area contributed by atoms with Crippen LogP contribution in [0.15, 0.2) is 30.6 Å². The van der Waals surface area contributed by atoms with E-state index in [1.165, 1.54) is 0 Å². The molecule has 0 saturated carbocycles. The minimum Gasteiger partial charge on any atom is -0.378 e.